The molecule has 0 spiro atoms. The number of nitrogens with two attached hydrogens (primary N) is 1. The fourth-order valence-electron chi connectivity index (χ4n) is 1.46. The fraction of sp³-hybridized carbons (Fsp3) is 0.250. The summed E-state index contributed by atoms with van der Waals surface area (Å²) in [5.41, 5.74) is 2.43. The predicted octanol–water partition coefficient (Wildman–Crippen LogP) is 2.48. The van der Waals surface area contributed by atoms with E-state index < -0.39 is 5.82 Å². The lowest BCUT2D eigenvalue weighted by atomic mass is 10.3. The van der Waals surface area contributed by atoms with E-state index in [1.54, 1.807) is 6.07 Å². The number of ether oxygens (including phenoxy) is 1. The molecule has 0 aliphatic rings. The zero-order chi connectivity index (χ0) is 15.2. The summed E-state index contributed by atoms with van der Waals surface area (Å²) in [6, 6.07) is 4.64. The number of anilines is 3. The molecule has 1 heterocycles. The fourth-order valence-corrected chi connectivity index (χ4v) is 1.63. The summed E-state index contributed by atoms with van der Waals surface area (Å²) >= 11 is 5.71. The Bertz CT molecular complexity index is 627. The lowest BCUT2D eigenvalue weighted by molar-refractivity contribution is 0.292. The molecule has 0 atom stereocenters. The zero-order valence-electron chi connectivity index (χ0n) is 11.2. The largest absolute Gasteiger partial charge is 0.463 e. The molecule has 2 rings (SSSR count). The minimum atomic E-state index is -0.599. The number of hydrogen-bond acceptors (Lipinski definition) is 7. The quantitative estimate of drug-likeness (QED) is 0.556. The summed E-state index contributed by atoms with van der Waals surface area (Å²) in [5, 5.41) is 2.70. The highest BCUT2D eigenvalue weighted by atomic mass is 35.5. The van der Waals surface area contributed by atoms with Crippen LogP contribution in [0.15, 0.2) is 18.2 Å². The van der Waals surface area contributed by atoms with Crippen molar-refractivity contribution in [3.8, 4) is 6.01 Å². The van der Waals surface area contributed by atoms with Crippen molar-refractivity contribution in [3.63, 3.8) is 0 Å². The van der Waals surface area contributed by atoms with E-state index in [-0.39, 0.29) is 28.6 Å². The summed E-state index contributed by atoms with van der Waals surface area (Å²) in [4.78, 5) is 11.9. The van der Waals surface area contributed by atoms with E-state index in [0.29, 0.717) is 6.61 Å². The molecule has 0 fully saturated rings. The molecule has 9 heteroatoms. The first-order chi connectivity index (χ1) is 10.1. The van der Waals surface area contributed by atoms with E-state index in [4.69, 9.17) is 22.2 Å². The summed E-state index contributed by atoms with van der Waals surface area (Å²) < 4.78 is 19.1. The van der Waals surface area contributed by atoms with E-state index >= 15 is 0 Å². The Morgan fingerprint density at radius 3 is 2.76 bits per heavy atom. The molecule has 0 radical (unpaired) electrons. The summed E-state index contributed by atoms with van der Waals surface area (Å²) in [5.74, 6) is 4.87. The van der Waals surface area contributed by atoms with Crippen molar-refractivity contribution in [2.75, 3.05) is 17.3 Å². The van der Waals surface area contributed by atoms with Crippen molar-refractivity contribution in [1.29, 1.82) is 0 Å². The molecule has 0 aliphatic heterocycles. The van der Waals surface area contributed by atoms with E-state index in [2.05, 4.69) is 25.7 Å². The van der Waals surface area contributed by atoms with Crippen LogP contribution in [0.1, 0.15) is 13.3 Å². The van der Waals surface area contributed by atoms with Crippen molar-refractivity contribution < 1.29 is 9.13 Å². The van der Waals surface area contributed by atoms with Crippen molar-refractivity contribution >= 4 is 29.2 Å². The molecule has 0 amide bonds. The second kappa shape index (κ2) is 7.00. The molecule has 112 valence electrons. The first-order valence-corrected chi connectivity index (χ1v) is 6.58. The zero-order valence-corrected chi connectivity index (χ0v) is 12.0. The number of rotatable bonds is 6. The Morgan fingerprint density at radius 1 is 1.29 bits per heavy atom. The van der Waals surface area contributed by atoms with Crippen LogP contribution in [0.25, 0.3) is 0 Å². The van der Waals surface area contributed by atoms with Gasteiger partial charge in [0.2, 0.25) is 11.9 Å². The van der Waals surface area contributed by atoms with E-state index in [1.807, 2.05) is 6.92 Å². The third kappa shape index (κ3) is 3.89. The molecule has 0 unspecified atom stereocenters. The van der Waals surface area contributed by atoms with Gasteiger partial charge in [0.15, 0.2) is 5.82 Å². The highest BCUT2D eigenvalue weighted by molar-refractivity contribution is 6.31. The topological polar surface area (TPSA) is 98.0 Å². The molecule has 0 saturated heterocycles. The van der Waals surface area contributed by atoms with E-state index in [0.717, 1.165) is 6.42 Å². The molecular weight excluding hydrogens is 299 g/mol. The number of hydrazine groups is 1. The van der Waals surface area contributed by atoms with Gasteiger partial charge < -0.3 is 10.1 Å². The van der Waals surface area contributed by atoms with Gasteiger partial charge >= 0.3 is 6.01 Å². The lowest BCUT2D eigenvalue weighted by Gasteiger charge is -2.09. The molecule has 1 aromatic heterocycles. The van der Waals surface area contributed by atoms with Gasteiger partial charge in [0.05, 0.1) is 17.3 Å². The van der Waals surface area contributed by atoms with Crippen molar-refractivity contribution in [1.82, 2.24) is 15.0 Å². The minimum absolute atomic E-state index is 0.00585. The third-order valence-electron chi connectivity index (χ3n) is 2.38. The second-order valence-electron chi connectivity index (χ2n) is 3.98. The molecule has 7 nitrogen and oxygen atoms in total. The van der Waals surface area contributed by atoms with Crippen LogP contribution in [0, 0.1) is 5.82 Å². The standard InChI is InChI=1S/C12H14ClFN6O/c1-2-6-21-12-18-10(17-11(19-12)20-15)16-8-5-3-4-7(13)9(8)14/h3-5H,2,6,15H2,1H3,(H2,16,17,18,19,20). The van der Waals surface area contributed by atoms with Gasteiger partial charge in [0.1, 0.15) is 0 Å². The van der Waals surface area contributed by atoms with Crippen molar-refractivity contribution in [2.24, 2.45) is 5.84 Å². The first kappa shape index (κ1) is 15.2. The maximum Gasteiger partial charge on any atom is 0.323 e. The van der Waals surface area contributed by atoms with Crippen molar-refractivity contribution in [3.05, 3.63) is 29.0 Å². The summed E-state index contributed by atoms with van der Waals surface area (Å²) in [7, 11) is 0. The number of benzene rings is 1. The van der Waals surface area contributed by atoms with Gasteiger partial charge in [-0.2, -0.15) is 15.0 Å². The maximum atomic E-state index is 13.8. The van der Waals surface area contributed by atoms with Gasteiger partial charge in [0, 0.05) is 0 Å². The Kier molecular flexibility index (Phi) is 5.07. The van der Waals surface area contributed by atoms with Crippen LogP contribution in [-0.2, 0) is 0 Å². The number of halogens is 2. The predicted molar refractivity (Wildman–Crippen MR) is 78.1 cm³/mol. The highest BCUT2D eigenvalue weighted by Crippen LogP contribution is 2.24. The summed E-state index contributed by atoms with van der Waals surface area (Å²) in [6.07, 6.45) is 0.794. The molecule has 21 heavy (non-hydrogen) atoms. The van der Waals surface area contributed by atoms with Crippen LogP contribution >= 0.6 is 11.6 Å². The number of aromatic nitrogens is 3. The number of nitrogen functional groups attached to an aromatic ring is 1. The summed E-state index contributed by atoms with van der Waals surface area (Å²) in [6.45, 7) is 2.39. The SMILES string of the molecule is CCCOc1nc(NN)nc(Nc2cccc(Cl)c2F)n1. The number of hydrogen-bond donors (Lipinski definition) is 3. The Labute approximate surface area is 125 Å². The number of nitrogens with one attached hydrogen (secondary N) is 2. The maximum absolute atomic E-state index is 13.8. The third-order valence-corrected chi connectivity index (χ3v) is 2.67. The van der Waals surface area contributed by atoms with Crippen LogP contribution < -0.4 is 21.3 Å². The Hall–Kier alpha value is -2.19. The van der Waals surface area contributed by atoms with Gasteiger partial charge in [0.25, 0.3) is 0 Å². The normalized spacial score (nSPS) is 10.3. The average Bonchev–Trinajstić information content (AvgIpc) is 2.49. The average molecular weight is 313 g/mol. The van der Waals surface area contributed by atoms with Crippen LogP contribution in [0.5, 0.6) is 6.01 Å². The van der Waals surface area contributed by atoms with E-state index in [9.17, 15) is 4.39 Å². The number of nitrogens with zero attached hydrogens (tertiary/aromatic N) is 3. The highest BCUT2D eigenvalue weighted by Gasteiger charge is 2.11. The van der Waals surface area contributed by atoms with Crippen LogP contribution in [0.3, 0.4) is 0 Å². The van der Waals surface area contributed by atoms with Crippen LogP contribution in [-0.4, -0.2) is 21.6 Å². The van der Waals surface area contributed by atoms with Crippen LogP contribution in [0.2, 0.25) is 5.02 Å². The second-order valence-corrected chi connectivity index (χ2v) is 4.39. The molecule has 0 aliphatic carbocycles. The Morgan fingerprint density at radius 2 is 2.05 bits per heavy atom. The van der Waals surface area contributed by atoms with Gasteiger partial charge in [-0.05, 0) is 18.6 Å². The smallest absolute Gasteiger partial charge is 0.323 e. The van der Waals surface area contributed by atoms with Gasteiger partial charge in [-0.3, -0.25) is 5.43 Å². The molecule has 0 bridgehead atoms. The molecule has 1 aromatic carbocycles. The molecular formula is C12H14ClFN6O. The van der Waals surface area contributed by atoms with Crippen molar-refractivity contribution in [2.45, 2.75) is 13.3 Å². The molecule has 0 saturated carbocycles. The minimum Gasteiger partial charge on any atom is -0.463 e. The Balaban J connectivity index is 2.28. The van der Waals surface area contributed by atoms with E-state index in [1.165, 1.54) is 12.1 Å². The lowest BCUT2D eigenvalue weighted by Crippen LogP contribution is -2.14. The molecule has 2 aromatic rings. The van der Waals surface area contributed by atoms with Gasteiger partial charge in [-0.25, -0.2) is 10.2 Å². The van der Waals surface area contributed by atoms with Gasteiger partial charge in [-0.15, -0.1) is 0 Å². The van der Waals surface area contributed by atoms with Crippen LogP contribution in [0.4, 0.5) is 22.0 Å². The first-order valence-electron chi connectivity index (χ1n) is 6.20. The molecule has 4 N–H and O–H groups in total. The van der Waals surface area contributed by atoms with Gasteiger partial charge in [-0.1, -0.05) is 24.6 Å². The monoisotopic (exact) mass is 312 g/mol.